The zero-order chi connectivity index (χ0) is 20.8. The zero-order valence-corrected chi connectivity index (χ0v) is 17.8. The fourth-order valence-corrected chi connectivity index (χ4v) is 4.10. The largest absolute Gasteiger partial charge is 0.491 e. The van der Waals surface area contributed by atoms with Crippen LogP contribution in [0.2, 0.25) is 5.02 Å². The summed E-state index contributed by atoms with van der Waals surface area (Å²) in [4.78, 5) is 3.76. The summed E-state index contributed by atoms with van der Waals surface area (Å²) in [5, 5.41) is 11.2. The Kier molecular flexibility index (Phi) is 6.90. The summed E-state index contributed by atoms with van der Waals surface area (Å²) in [5.74, 6) is 0.787. The molecule has 0 bridgehead atoms. The average Bonchev–Trinajstić information content (AvgIpc) is 2.79. The van der Waals surface area contributed by atoms with E-state index in [0.29, 0.717) is 13.2 Å². The van der Waals surface area contributed by atoms with Gasteiger partial charge in [-0.05, 0) is 41.5 Å². The number of aliphatic hydroxyl groups excluding tert-OH is 1. The van der Waals surface area contributed by atoms with E-state index in [1.807, 2.05) is 48.5 Å². The minimum Gasteiger partial charge on any atom is -0.491 e. The molecule has 156 valence electrons. The average molecular weight is 424 g/mol. The van der Waals surface area contributed by atoms with Gasteiger partial charge in [0.25, 0.3) is 0 Å². The van der Waals surface area contributed by atoms with Gasteiger partial charge in [0.15, 0.2) is 0 Å². The molecule has 1 atom stereocenters. The van der Waals surface area contributed by atoms with Gasteiger partial charge >= 0.3 is 0 Å². The molecule has 0 saturated carbocycles. The second kappa shape index (κ2) is 9.98. The second-order valence-electron chi connectivity index (χ2n) is 7.78. The van der Waals surface area contributed by atoms with E-state index in [0.717, 1.165) is 42.5 Å². The van der Waals surface area contributed by atoms with E-state index in [9.17, 15) is 5.11 Å². The van der Waals surface area contributed by atoms with Gasteiger partial charge in [0.1, 0.15) is 25.0 Å². The van der Waals surface area contributed by atoms with Crippen molar-refractivity contribution in [2.45, 2.75) is 6.10 Å². The topological polar surface area (TPSA) is 37.1 Å². The molecule has 4 nitrogen and oxygen atoms in total. The number of rotatable bonds is 7. The predicted octanol–water partition coefficient (Wildman–Crippen LogP) is 3.15. The Bertz CT molecular complexity index is 925. The fraction of sp³-hybridized carbons (Fsp3) is 0.280. The molecule has 3 aromatic carbocycles. The van der Waals surface area contributed by atoms with Crippen LogP contribution in [0.25, 0.3) is 11.1 Å². The number of hydrogen-bond donors (Lipinski definition) is 2. The first-order chi connectivity index (χ1) is 14.7. The maximum Gasteiger partial charge on any atom is 0.137 e. The Morgan fingerprint density at radius 2 is 1.60 bits per heavy atom. The molecule has 1 aliphatic heterocycles. The molecule has 0 aliphatic carbocycles. The van der Waals surface area contributed by atoms with Crippen molar-refractivity contribution in [1.82, 2.24) is 0 Å². The highest BCUT2D eigenvalue weighted by Gasteiger charge is 2.23. The van der Waals surface area contributed by atoms with Crippen molar-refractivity contribution in [2.75, 3.05) is 44.2 Å². The van der Waals surface area contributed by atoms with E-state index >= 15 is 0 Å². The lowest BCUT2D eigenvalue weighted by Gasteiger charge is -2.34. The third-order valence-corrected chi connectivity index (χ3v) is 5.81. The van der Waals surface area contributed by atoms with Gasteiger partial charge < -0.3 is 19.6 Å². The second-order valence-corrected chi connectivity index (χ2v) is 8.21. The first-order valence-corrected chi connectivity index (χ1v) is 10.9. The van der Waals surface area contributed by atoms with Crippen molar-refractivity contribution in [3.8, 4) is 16.9 Å². The van der Waals surface area contributed by atoms with Crippen molar-refractivity contribution in [3.05, 3.63) is 83.9 Å². The molecule has 0 unspecified atom stereocenters. The van der Waals surface area contributed by atoms with Crippen LogP contribution in [0.3, 0.4) is 0 Å². The summed E-state index contributed by atoms with van der Waals surface area (Å²) in [6.45, 7) is 4.93. The molecule has 0 spiro atoms. The Morgan fingerprint density at radius 3 is 2.30 bits per heavy atom. The van der Waals surface area contributed by atoms with Gasteiger partial charge in [-0.2, -0.15) is 0 Å². The molecule has 5 heteroatoms. The standard InChI is InChI=1S/C25H27ClN2O2/c26-22-7-4-8-23(17-22)28-15-13-27(14-16-28)18-24(29)19-30-25-11-9-21(10-12-25)20-5-2-1-3-6-20/h1-12,17,24,29H,13-16,18-19H2/p+1/t24-/m0/s1. The number of anilines is 1. The predicted molar refractivity (Wildman–Crippen MR) is 123 cm³/mol. The monoisotopic (exact) mass is 423 g/mol. The van der Waals surface area contributed by atoms with Crippen LogP contribution in [-0.4, -0.2) is 50.5 Å². The highest BCUT2D eigenvalue weighted by atomic mass is 35.5. The highest BCUT2D eigenvalue weighted by molar-refractivity contribution is 6.30. The molecule has 1 aliphatic rings. The molecule has 0 aromatic heterocycles. The molecule has 3 aromatic rings. The van der Waals surface area contributed by atoms with Crippen LogP contribution in [0.1, 0.15) is 0 Å². The van der Waals surface area contributed by atoms with Gasteiger partial charge in [0.2, 0.25) is 0 Å². The first-order valence-electron chi connectivity index (χ1n) is 10.5. The molecule has 4 rings (SSSR count). The van der Waals surface area contributed by atoms with Crippen LogP contribution < -0.4 is 14.5 Å². The Hall–Kier alpha value is -2.53. The van der Waals surface area contributed by atoms with Crippen LogP contribution in [-0.2, 0) is 0 Å². The van der Waals surface area contributed by atoms with Crippen LogP contribution in [0.5, 0.6) is 5.75 Å². The lowest BCUT2D eigenvalue weighted by molar-refractivity contribution is -0.903. The normalized spacial score (nSPS) is 15.7. The number of piperazine rings is 1. The molecule has 1 heterocycles. The number of benzene rings is 3. The Balaban J connectivity index is 1.21. The summed E-state index contributed by atoms with van der Waals surface area (Å²) in [6.07, 6.45) is -0.480. The molecule has 1 saturated heterocycles. The molecule has 0 amide bonds. The van der Waals surface area contributed by atoms with Crippen LogP contribution in [0.4, 0.5) is 5.69 Å². The maximum absolute atomic E-state index is 10.4. The number of quaternary nitrogens is 1. The summed E-state index contributed by atoms with van der Waals surface area (Å²) in [6, 6.07) is 26.3. The number of nitrogens with one attached hydrogen (secondary N) is 1. The van der Waals surface area contributed by atoms with E-state index in [2.05, 4.69) is 35.2 Å². The summed E-state index contributed by atoms with van der Waals surface area (Å²) in [5.41, 5.74) is 3.51. The SMILES string of the molecule is O[C@H](COc1ccc(-c2ccccc2)cc1)C[NH+]1CCN(c2cccc(Cl)c2)CC1. The van der Waals surface area contributed by atoms with Gasteiger partial charge in [0, 0.05) is 10.7 Å². The van der Waals surface area contributed by atoms with E-state index in [4.69, 9.17) is 16.3 Å². The number of ether oxygens (including phenoxy) is 1. The van der Waals surface area contributed by atoms with Gasteiger partial charge in [-0.1, -0.05) is 60.1 Å². The summed E-state index contributed by atoms with van der Waals surface area (Å²) in [7, 11) is 0. The lowest BCUT2D eigenvalue weighted by atomic mass is 10.1. The van der Waals surface area contributed by atoms with E-state index in [-0.39, 0.29) is 0 Å². The third kappa shape index (κ3) is 5.54. The van der Waals surface area contributed by atoms with Crippen LogP contribution in [0, 0.1) is 0 Å². The Labute approximate surface area is 183 Å². The van der Waals surface area contributed by atoms with E-state index in [1.165, 1.54) is 16.2 Å². The molecular formula is C25H28ClN2O2+. The van der Waals surface area contributed by atoms with Crippen LogP contribution in [0.15, 0.2) is 78.9 Å². The minimum absolute atomic E-state index is 0.312. The highest BCUT2D eigenvalue weighted by Crippen LogP contribution is 2.22. The number of aliphatic hydroxyl groups is 1. The lowest BCUT2D eigenvalue weighted by Crippen LogP contribution is -3.16. The van der Waals surface area contributed by atoms with Gasteiger partial charge in [-0.3, -0.25) is 0 Å². The van der Waals surface area contributed by atoms with Gasteiger partial charge in [0.05, 0.1) is 26.2 Å². The zero-order valence-electron chi connectivity index (χ0n) is 17.0. The smallest absolute Gasteiger partial charge is 0.137 e. The maximum atomic E-state index is 10.4. The van der Waals surface area contributed by atoms with Crippen molar-refractivity contribution in [2.24, 2.45) is 0 Å². The first kappa shape index (κ1) is 20.7. The molecule has 1 fully saturated rings. The fourth-order valence-electron chi connectivity index (χ4n) is 3.92. The molecule has 2 N–H and O–H groups in total. The Morgan fingerprint density at radius 1 is 0.900 bits per heavy atom. The van der Waals surface area contributed by atoms with Crippen molar-refractivity contribution in [3.63, 3.8) is 0 Å². The summed E-state index contributed by atoms with van der Waals surface area (Å²) >= 11 is 6.11. The van der Waals surface area contributed by atoms with E-state index in [1.54, 1.807) is 0 Å². The summed E-state index contributed by atoms with van der Waals surface area (Å²) < 4.78 is 5.82. The number of hydrogen-bond acceptors (Lipinski definition) is 3. The quantitative estimate of drug-likeness (QED) is 0.613. The number of nitrogens with zero attached hydrogens (tertiary/aromatic N) is 1. The minimum atomic E-state index is -0.480. The number of halogens is 1. The van der Waals surface area contributed by atoms with Crippen LogP contribution >= 0.6 is 11.6 Å². The van der Waals surface area contributed by atoms with Crippen molar-refractivity contribution < 1.29 is 14.7 Å². The molecular weight excluding hydrogens is 396 g/mol. The van der Waals surface area contributed by atoms with Crippen molar-refractivity contribution >= 4 is 17.3 Å². The molecule has 0 radical (unpaired) electrons. The third-order valence-electron chi connectivity index (χ3n) is 5.57. The van der Waals surface area contributed by atoms with Gasteiger partial charge in [-0.25, -0.2) is 0 Å². The molecule has 30 heavy (non-hydrogen) atoms. The van der Waals surface area contributed by atoms with E-state index < -0.39 is 6.10 Å². The van der Waals surface area contributed by atoms with Crippen molar-refractivity contribution in [1.29, 1.82) is 0 Å². The van der Waals surface area contributed by atoms with Gasteiger partial charge in [-0.15, -0.1) is 0 Å².